The minimum atomic E-state index is -0.587. The van der Waals surface area contributed by atoms with E-state index < -0.39 is 17.7 Å². The number of amides is 1. The van der Waals surface area contributed by atoms with Crippen LogP contribution in [0.25, 0.3) is 0 Å². The Bertz CT molecular complexity index is 543. The lowest BCUT2D eigenvalue weighted by atomic mass is 9.82. The van der Waals surface area contributed by atoms with E-state index in [2.05, 4.69) is 5.32 Å². The van der Waals surface area contributed by atoms with Crippen LogP contribution in [0.2, 0.25) is 0 Å². The minimum Gasteiger partial charge on any atom is -0.469 e. The van der Waals surface area contributed by atoms with Gasteiger partial charge in [-0.1, -0.05) is 0 Å². The summed E-state index contributed by atoms with van der Waals surface area (Å²) in [7, 11) is 1.54. The van der Waals surface area contributed by atoms with Crippen LogP contribution in [0.15, 0.2) is 16.7 Å². The van der Waals surface area contributed by atoms with Crippen molar-refractivity contribution in [2.45, 2.75) is 45.3 Å². The summed E-state index contributed by atoms with van der Waals surface area (Å²) in [5.74, 6) is 0.361. The smallest absolute Gasteiger partial charge is 0.407 e. The van der Waals surface area contributed by atoms with E-state index in [0.29, 0.717) is 18.4 Å². The maximum absolute atomic E-state index is 12.6. The molecule has 22 heavy (non-hydrogen) atoms. The highest BCUT2D eigenvalue weighted by Gasteiger charge is 2.36. The van der Waals surface area contributed by atoms with Gasteiger partial charge in [0.05, 0.1) is 24.5 Å². The van der Waals surface area contributed by atoms with E-state index in [1.165, 1.54) is 6.26 Å². The molecule has 1 amide bonds. The zero-order valence-electron chi connectivity index (χ0n) is 13.5. The fourth-order valence-corrected chi connectivity index (χ4v) is 2.65. The molecule has 6 nitrogen and oxygen atoms in total. The molecule has 0 aliphatic heterocycles. The molecule has 1 aliphatic carbocycles. The van der Waals surface area contributed by atoms with Gasteiger partial charge in [0.2, 0.25) is 0 Å². The van der Waals surface area contributed by atoms with Gasteiger partial charge in [-0.15, -0.1) is 0 Å². The van der Waals surface area contributed by atoms with Gasteiger partial charge in [0, 0.05) is 19.4 Å². The first-order valence-corrected chi connectivity index (χ1v) is 7.41. The summed E-state index contributed by atoms with van der Waals surface area (Å²) >= 11 is 0. The number of hydrogen-bond donors (Lipinski definition) is 1. The quantitative estimate of drug-likeness (QED) is 0.925. The Morgan fingerprint density at radius 3 is 2.86 bits per heavy atom. The molecule has 0 saturated heterocycles. The van der Waals surface area contributed by atoms with E-state index in [4.69, 9.17) is 13.9 Å². The van der Waals surface area contributed by atoms with Crippen molar-refractivity contribution in [3.05, 3.63) is 23.7 Å². The number of carbonyl (C=O) groups is 2. The molecule has 122 valence electrons. The molecule has 1 heterocycles. The van der Waals surface area contributed by atoms with E-state index in [1.54, 1.807) is 33.9 Å². The van der Waals surface area contributed by atoms with Crippen LogP contribution in [-0.2, 0) is 15.9 Å². The number of nitrogens with one attached hydrogen (secondary N) is 1. The molecule has 0 radical (unpaired) electrons. The molecule has 2 unspecified atom stereocenters. The van der Waals surface area contributed by atoms with Crippen LogP contribution >= 0.6 is 0 Å². The van der Waals surface area contributed by atoms with Crippen LogP contribution in [0, 0.1) is 5.92 Å². The van der Waals surface area contributed by atoms with Gasteiger partial charge in [-0.25, -0.2) is 4.79 Å². The molecular weight excluding hydrogens is 286 g/mol. The maximum Gasteiger partial charge on any atom is 0.407 e. The number of hydrogen-bond acceptors (Lipinski definition) is 5. The SMILES string of the molecule is COCC(NC(=O)OC(C)(C)C)C1CCc2occc2C1=O. The predicted octanol–water partition coefficient (Wildman–Crippen LogP) is 2.56. The normalized spacial score (nSPS) is 19.5. The second-order valence-electron chi connectivity index (χ2n) is 6.47. The van der Waals surface area contributed by atoms with Gasteiger partial charge in [0.1, 0.15) is 11.4 Å². The van der Waals surface area contributed by atoms with Crippen molar-refractivity contribution in [1.29, 1.82) is 0 Å². The van der Waals surface area contributed by atoms with E-state index in [9.17, 15) is 9.59 Å². The Labute approximate surface area is 130 Å². The van der Waals surface area contributed by atoms with Gasteiger partial charge in [-0.2, -0.15) is 0 Å². The third-order valence-electron chi connectivity index (χ3n) is 3.56. The molecule has 0 bridgehead atoms. The Kier molecular flexibility index (Phi) is 4.90. The topological polar surface area (TPSA) is 77.8 Å². The first-order chi connectivity index (χ1) is 10.3. The lowest BCUT2D eigenvalue weighted by Gasteiger charge is -2.30. The van der Waals surface area contributed by atoms with Crippen LogP contribution in [0.1, 0.15) is 43.3 Å². The lowest BCUT2D eigenvalue weighted by Crippen LogP contribution is -2.48. The number of methoxy groups -OCH3 is 1. The van der Waals surface area contributed by atoms with Gasteiger partial charge >= 0.3 is 6.09 Å². The number of ether oxygens (including phenoxy) is 2. The van der Waals surface area contributed by atoms with Crippen LogP contribution in [0.4, 0.5) is 4.79 Å². The lowest BCUT2D eigenvalue weighted by molar-refractivity contribution is 0.0421. The van der Waals surface area contributed by atoms with Crippen molar-refractivity contribution in [2.24, 2.45) is 5.92 Å². The van der Waals surface area contributed by atoms with Gasteiger partial charge < -0.3 is 19.2 Å². The molecule has 1 N–H and O–H groups in total. The fraction of sp³-hybridized carbons (Fsp3) is 0.625. The minimum absolute atomic E-state index is 0.0203. The van der Waals surface area contributed by atoms with E-state index in [-0.39, 0.29) is 18.3 Å². The van der Waals surface area contributed by atoms with Crippen molar-refractivity contribution in [3.8, 4) is 0 Å². The number of Topliss-reactive ketones (excluding diaryl/α,β-unsaturated/α-hetero) is 1. The largest absolute Gasteiger partial charge is 0.469 e. The molecule has 0 saturated carbocycles. The standard InChI is InChI=1S/C16H23NO5/c1-16(2,3)22-15(19)17-12(9-20-4)10-5-6-13-11(14(10)18)7-8-21-13/h7-8,10,12H,5-6,9H2,1-4H3,(H,17,19). The molecule has 2 atom stereocenters. The Hall–Kier alpha value is -1.82. The van der Waals surface area contributed by atoms with E-state index in [1.807, 2.05) is 0 Å². The number of aryl methyl sites for hydroxylation is 1. The highest BCUT2D eigenvalue weighted by molar-refractivity contribution is 6.00. The summed E-state index contributed by atoms with van der Waals surface area (Å²) in [5, 5.41) is 2.76. The van der Waals surface area contributed by atoms with Gasteiger partial charge in [-0.05, 0) is 33.3 Å². The molecular formula is C16H23NO5. The van der Waals surface area contributed by atoms with E-state index in [0.717, 1.165) is 5.76 Å². The third-order valence-corrected chi connectivity index (χ3v) is 3.56. The van der Waals surface area contributed by atoms with Crippen LogP contribution in [0.3, 0.4) is 0 Å². The van der Waals surface area contributed by atoms with Gasteiger partial charge in [-0.3, -0.25) is 4.79 Å². The summed E-state index contributed by atoms with van der Waals surface area (Å²) in [4.78, 5) is 24.5. The zero-order chi connectivity index (χ0) is 16.3. The van der Waals surface area contributed by atoms with Crippen molar-refractivity contribution < 1.29 is 23.5 Å². The van der Waals surface area contributed by atoms with Crippen molar-refractivity contribution >= 4 is 11.9 Å². The summed E-state index contributed by atoms with van der Waals surface area (Å²) in [6.07, 6.45) is 2.27. The first-order valence-electron chi connectivity index (χ1n) is 7.41. The molecule has 1 aliphatic rings. The molecule has 2 rings (SSSR count). The second-order valence-corrected chi connectivity index (χ2v) is 6.47. The predicted molar refractivity (Wildman–Crippen MR) is 79.9 cm³/mol. The first kappa shape index (κ1) is 16.5. The summed E-state index contributed by atoms with van der Waals surface area (Å²) in [6, 6.07) is 1.26. The van der Waals surface area contributed by atoms with Crippen LogP contribution in [0.5, 0.6) is 0 Å². The Balaban J connectivity index is 2.08. The number of alkyl carbamates (subject to hydrolysis) is 1. The van der Waals surface area contributed by atoms with Crippen LogP contribution in [-0.4, -0.2) is 37.2 Å². The molecule has 1 aromatic rings. The zero-order valence-corrected chi connectivity index (χ0v) is 13.5. The molecule has 0 fully saturated rings. The summed E-state index contributed by atoms with van der Waals surface area (Å²) in [6.45, 7) is 5.63. The van der Waals surface area contributed by atoms with Crippen LogP contribution < -0.4 is 5.32 Å². The molecule has 0 aromatic carbocycles. The third kappa shape index (κ3) is 3.88. The van der Waals surface area contributed by atoms with Crippen molar-refractivity contribution in [3.63, 3.8) is 0 Å². The maximum atomic E-state index is 12.6. The van der Waals surface area contributed by atoms with Gasteiger partial charge in [0.15, 0.2) is 5.78 Å². The number of fused-ring (bicyclic) bond motifs is 1. The monoisotopic (exact) mass is 309 g/mol. The van der Waals surface area contributed by atoms with Crippen molar-refractivity contribution in [1.82, 2.24) is 5.32 Å². The summed E-state index contributed by atoms with van der Waals surface area (Å²) < 4.78 is 15.7. The number of carbonyl (C=O) groups excluding carboxylic acids is 2. The number of ketones is 1. The highest BCUT2D eigenvalue weighted by atomic mass is 16.6. The molecule has 6 heteroatoms. The molecule has 1 aromatic heterocycles. The second kappa shape index (κ2) is 6.52. The highest BCUT2D eigenvalue weighted by Crippen LogP contribution is 2.28. The average molecular weight is 309 g/mol. The Morgan fingerprint density at radius 2 is 2.23 bits per heavy atom. The Morgan fingerprint density at radius 1 is 1.50 bits per heavy atom. The molecule has 0 spiro atoms. The van der Waals surface area contributed by atoms with Crippen molar-refractivity contribution in [2.75, 3.05) is 13.7 Å². The number of rotatable bonds is 4. The fourth-order valence-electron chi connectivity index (χ4n) is 2.65. The summed E-state index contributed by atoms with van der Waals surface area (Å²) in [5.41, 5.74) is 0.0130. The van der Waals surface area contributed by atoms with E-state index >= 15 is 0 Å². The number of furan rings is 1. The average Bonchev–Trinajstić information content (AvgIpc) is 2.85. The van der Waals surface area contributed by atoms with Gasteiger partial charge in [0.25, 0.3) is 0 Å².